The minimum atomic E-state index is -0.608. The predicted molar refractivity (Wildman–Crippen MR) is 99.6 cm³/mol. The summed E-state index contributed by atoms with van der Waals surface area (Å²) in [4.78, 5) is 22.0. The summed E-state index contributed by atoms with van der Waals surface area (Å²) in [7, 11) is 1.53. The first-order chi connectivity index (χ1) is 12.4. The zero-order valence-electron chi connectivity index (χ0n) is 14.1. The van der Waals surface area contributed by atoms with Crippen molar-refractivity contribution < 1.29 is 23.9 Å². The number of ether oxygens (including phenoxy) is 3. The van der Waals surface area contributed by atoms with Gasteiger partial charge in [-0.15, -0.1) is 0 Å². The number of carbonyl (C=O) groups is 1. The van der Waals surface area contributed by atoms with Gasteiger partial charge in [-0.25, -0.2) is 4.79 Å². The lowest BCUT2D eigenvalue weighted by molar-refractivity contribution is -0.384. The maximum absolute atomic E-state index is 11.9. The van der Waals surface area contributed by atoms with E-state index in [1.54, 1.807) is 18.2 Å². The van der Waals surface area contributed by atoms with Gasteiger partial charge in [-0.3, -0.25) is 10.1 Å². The Balaban J connectivity index is 2.09. The van der Waals surface area contributed by atoms with Crippen molar-refractivity contribution >= 4 is 33.7 Å². The van der Waals surface area contributed by atoms with Gasteiger partial charge >= 0.3 is 5.97 Å². The van der Waals surface area contributed by atoms with E-state index in [4.69, 9.17) is 14.2 Å². The molecule has 0 aromatic heterocycles. The normalized spacial score (nSPS) is 10.6. The number of esters is 1. The largest absolute Gasteiger partial charge is 0.493 e. The average molecular weight is 422 g/mol. The highest BCUT2D eigenvalue weighted by atomic mass is 79.9. The summed E-state index contributed by atoms with van der Waals surface area (Å²) in [6, 6.07) is 8.76. The van der Waals surface area contributed by atoms with Gasteiger partial charge in [0.15, 0.2) is 11.5 Å². The molecule has 0 amide bonds. The Labute approximate surface area is 158 Å². The van der Waals surface area contributed by atoms with Crippen LogP contribution >= 0.6 is 15.9 Å². The average Bonchev–Trinajstić information content (AvgIpc) is 2.62. The number of nitrogens with zero attached hydrogens (tertiary/aromatic N) is 1. The lowest BCUT2D eigenvalue weighted by Gasteiger charge is -2.12. The molecule has 0 radical (unpaired) electrons. The highest BCUT2D eigenvalue weighted by Gasteiger charge is 2.11. The van der Waals surface area contributed by atoms with Crippen LogP contribution in [0.2, 0.25) is 0 Å². The number of nitro benzene ring substituents is 1. The van der Waals surface area contributed by atoms with Crippen molar-refractivity contribution in [3.63, 3.8) is 0 Å². The molecule has 0 bridgehead atoms. The molecule has 2 rings (SSSR count). The van der Waals surface area contributed by atoms with E-state index in [2.05, 4.69) is 15.9 Å². The second kappa shape index (κ2) is 9.00. The molecule has 0 saturated heterocycles. The lowest BCUT2D eigenvalue weighted by atomic mass is 10.2. The third-order valence-corrected chi connectivity index (χ3v) is 3.81. The molecule has 0 spiro atoms. The Kier molecular flexibility index (Phi) is 6.74. The van der Waals surface area contributed by atoms with Gasteiger partial charge in [-0.05, 0) is 58.8 Å². The topological polar surface area (TPSA) is 87.9 Å². The molecule has 8 heteroatoms. The maximum Gasteiger partial charge on any atom is 0.336 e. The number of methoxy groups -OCH3 is 1. The number of non-ortho nitro benzene ring substituents is 1. The molecule has 0 fully saturated rings. The molecular weight excluding hydrogens is 406 g/mol. The first kappa shape index (κ1) is 19.5. The number of hydrogen-bond acceptors (Lipinski definition) is 6. The van der Waals surface area contributed by atoms with Gasteiger partial charge in [0, 0.05) is 18.2 Å². The van der Waals surface area contributed by atoms with Gasteiger partial charge < -0.3 is 14.2 Å². The van der Waals surface area contributed by atoms with Crippen molar-refractivity contribution in [2.45, 2.75) is 6.92 Å². The smallest absolute Gasteiger partial charge is 0.336 e. The van der Waals surface area contributed by atoms with E-state index in [0.29, 0.717) is 28.1 Å². The van der Waals surface area contributed by atoms with Crippen LogP contribution in [0, 0.1) is 10.1 Å². The molecule has 0 atom stereocenters. The second-order valence-electron chi connectivity index (χ2n) is 4.97. The Bertz CT molecular complexity index is 832. The minimum absolute atomic E-state index is 0.0772. The zero-order chi connectivity index (χ0) is 19.1. The molecule has 0 unspecified atom stereocenters. The molecule has 136 valence electrons. The molecule has 0 aliphatic carbocycles. The minimum Gasteiger partial charge on any atom is -0.493 e. The quantitative estimate of drug-likeness (QED) is 0.216. The molecule has 0 aliphatic heterocycles. The van der Waals surface area contributed by atoms with E-state index in [0.717, 1.165) is 0 Å². The fraction of sp³-hybridized carbons (Fsp3) is 0.167. The van der Waals surface area contributed by atoms with Crippen molar-refractivity contribution in [3.05, 3.63) is 62.6 Å². The van der Waals surface area contributed by atoms with Crippen LogP contribution < -0.4 is 14.2 Å². The lowest BCUT2D eigenvalue weighted by Crippen LogP contribution is -2.03. The summed E-state index contributed by atoms with van der Waals surface area (Å²) < 4.78 is 16.6. The summed E-state index contributed by atoms with van der Waals surface area (Å²) in [6.45, 7) is 2.36. The highest BCUT2D eigenvalue weighted by molar-refractivity contribution is 9.10. The van der Waals surface area contributed by atoms with Crippen LogP contribution in [0.4, 0.5) is 5.69 Å². The zero-order valence-corrected chi connectivity index (χ0v) is 15.7. The Morgan fingerprint density at radius 3 is 2.54 bits per heavy atom. The van der Waals surface area contributed by atoms with Crippen LogP contribution in [0.25, 0.3) is 6.08 Å². The third-order valence-electron chi connectivity index (χ3n) is 3.22. The van der Waals surface area contributed by atoms with E-state index >= 15 is 0 Å². The first-order valence-electron chi connectivity index (χ1n) is 7.59. The summed E-state index contributed by atoms with van der Waals surface area (Å²) in [5, 5.41) is 10.6. The number of rotatable bonds is 7. The van der Waals surface area contributed by atoms with E-state index in [1.807, 2.05) is 6.92 Å². The summed E-state index contributed by atoms with van der Waals surface area (Å²) in [5.74, 6) is 0.726. The van der Waals surface area contributed by atoms with Gasteiger partial charge in [0.05, 0.1) is 23.1 Å². The van der Waals surface area contributed by atoms with Crippen molar-refractivity contribution in [3.8, 4) is 17.2 Å². The number of benzene rings is 2. The molecule has 0 aliphatic rings. The van der Waals surface area contributed by atoms with Crippen molar-refractivity contribution in [1.29, 1.82) is 0 Å². The van der Waals surface area contributed by atoms with Crippen molar-refractivity contribution in [2.75, 3.05) is 13.7 Å². The molecule has 26 heavy (non-hydrogen) atoms. The van der Waals surface area contributed by atoms with E-state index in [9.17, 15) is 14.9 Å². The summed E-state index contributed by atoms with van der Waals surface area (Å²) >= 11 is 3.41. The van der Waals surface area contributed by atoms with Gasteiger partial charge in [0.2, 0.25) is 0 Å². The summed E-state index contributed by atoms with van der Waals surface area (Å²) in [6.07, 6.45) is 2.82. The molecular formula is C18H16BrNO6. The molecule has 0 N–H and O–H groups in total. The van der Waals surface area contributed by atoms with Crippen molar-refractivity contribution in [2.24, 2.45) is 0 Å². The third kappa shape index (κ3) is 5.06. The van der Waals surface area contributed by atoms with Gasteiger partial charge in [-0.1, -0.05) is 0 Å². The number of carbonyl (C=O) groups excluding carboxylic acids is 1. The fourth-order valence-corrected chi connectivity index (χ4v) is 2.64. The van der Waals surface area contributed by atoms with Crippen LogP contribution in [0.15, 0.2) is 46.9 Å². The maximum atomic E-state index is 11.9. The number of halogens is 1. The van der Waals surface area contributed by atoms with E-state index in [-0.39, 0.29) is 11.4 Å². The fourth-order valence-electron chi connectivity index (χ4n) is 2.07. The molecule has 0 heterocycles. The molecule has 7 nitrogen and oxygen atoms in total. The van der Waals surface area contributed by atoms with Crippen LogP contribution in [-0.4, -0.2) is 24.6 Å². The van der Waals surface area contributed by atoms with Gasteiger partial charge in [-0.2, -0.15) is 0 Å². The van der Waals surface area contributed by atoms with E-state index in [1.165, 1.54) is 37.5 Å². The van der Waals surface area contributed by atoms with Crippen LogP contribution in [0.5, 0.6) is 17.2 Å². The standard InChI is InChI=1S/C18H16BrNO6/c1-3-25-18-15(19)10-12(11-16(18)24-2)4-9-17(21)26-14-7-5-13(6-8-14)20(22)23/h4-11H,3H2,1-2H3/b9-4+. The summed E-state index contributed by atoms with van der Waals surface area (Å²) in [5.41, 5.74) is 0.629. The second-order valence-corrected chi connectivity index (χ2v) is 5.83. The molecule has 2 aromatic rings. The predicted octanol–water partition coefficient (Wildman–Crippen LogP) is 4.38. The SMILES string of the molecule is CCOc1c(Br)cc(/C=C/C(=O)Oc2ccc([N+](=O)[O-])cc2)cc1OC. The Hall–Kier alpha value is -2.87. The van der Waals surface area contributed by atoms with Crippen LogP contribution in [-0.2, 0) is 4.79 Å². The molecule has 0 saturated carbocycles. The Morgan fingerprint density at radius 2 is 1.96 bits per heavy atom. The monoisotopic (exact) mass is 421 g/mol. The highest BCUT2D eigenvalue weighted by Crippen LogP contribution is 2.37. The van der Waals surface area contributed by atoms with Crippen LogP contribution in [0.1, 0.15) is 12.5 Å². The number of hydrogen-bond donors (Lipinski definition) is 0. The first-order valence-corrected chi connectivity index (χ1v) is 8.38. The van der Waals surface area contributed by atoms with Crippen LogP contribution in [0.3, 0.4) is 0 Å². The van der Waals surface area contributed by atoms with Crippen molar-refractivity contribution in [1.82, 2.24) is 0 Å². The Morgan fingerprint density at radius 1 is 1.27 bits per heavy atom. The van der Waals surface area contributed by atoms with E-state index < -0.39 is 10.9 Å². The van der Waals surface area contributed by atoms with Gasteiger partial charge in [0.1, 0.15) is 5.75 Å². The molecule has 2 aromatic carbocycles. The number of nitro groups is 1. The van der Waals surface area contributed by atoms with Gasteiger partial charge in [0.25, 0.3) is 5.69 Å².